The van der Waals surface area contributed by atoms with Gasteiger partial charge in [-0.2, -0.15) is 5.10 Å². The first-order chi connectivity index (χ1) is 21.5. The molecule has 4 aromatic rings. The number of nitrogens with one attached hydrogen (secondary N) is 2. The second-order valence-corrected chi connectivity index (χ2v) is 12.9. The summed E-state index contributed by atoms with van der Waals surface area (Å²) in [5.41, 5.74) is 5.75. The molecule has 0 aliphatic heterocycles. The molecular formula is C37H43FN4O3. The number of ketones is 1. The second-order valence-electron chi connectivity index (χ2n) is 12.9. The van der Waals surface area contributed by atoms with E-state index in [0.717, 1.165) is 46.6 Å². The van der Waals surface area contributed by atoms with Crippen molar-refractivity contribution in [3.63, 3.8) is 0 Å². The third-order valence-electron chi connectivity index (χ3n) is 7.89. The van der Waals surface area contributed by atoms with E-state index >= 15 is 4.39 Å². The zero-order valence-corrected chi connectivity index (χ0v) is 26.8. The third-order valence-corrected chi connectivity index (χ3v) is 7.89. The number of hydrogen-bond acceptors (Lipinski definition) is 5. The molecular weight excluding hydrogens is 567 g/mol. The number of alkyl carbamates (subject to hydrolysis) is 1. The number of amides is 1. The Labute approximate surface area is 265 Å². The number of hydrogen-bond donors (Lipinski definition) is 2. The van der Waals surface area contributed by atoms with Crippen LogP contribution in [0.25, 0.3) is 5.69 Å². The maximum Gasteiger partial charge on any atom is 0.407 e. The van der Waals surface area contributed by atoms with Gasteiger partial charge in [-0.3, -0.25) is 4.79 Å². The molecule has 1 aromatic heterocycles. The number of Topliss-reactive ketones (excluding diaryl/α,β-unsaturated/α-hetero) is 1. The van der Waals surface area contributed by atoms with Gasteiger partial charge in [0.15, 0.2) is 5.78 Å². The van der Waals surface area contributed by atoms with Gasteiger partial charge in [0.25, 0.3) is 0 Å². The average molecular weight is 611 g/mol. The van der Waals surface area contributed by atoms with E-state index in [9.17, 15) is 9.59 Å². The molecule has 1 fully saturated rings. The Morgan fingerprint density at radius 3 is 2.42 bits per heavy atom. The first-order valence-electron chi connectivity index (χ1n) is 15.8. The van der Waals surface area contributed by atoms with Crippen LogP contribution in [0.3, 0.4) is 0 Å². The van der Waals surface area contributed by atoms with Crippen molar-refractivity contribution in [3.05, 3.63) is 118 Å². The van der Waals surface area contributed by atoms with Crippen molar-refractivity contribution in [1.29, 1.82) is 0 Å². The fraction of sp³-hybridized carbons (Fsp3) is 0.378. The quantitative estimate of drug-likeness (QED) is 0.163. The zero-order valence-electron chi connectivity index (χ0n) is 26.8. The summed E-state index contributed by atoms with van der Waals surface area (Å²) < 4.78 is 22.2. The summed E-state index contributed by atoms with van der Waals surface area (Å²) in [6, 6.07) is 22.6. The summed E-state index contributed by atoms with van der Waals surface area (Å²) in [6.45, 7) is 10.6. The van der Waals surface area contributed by atoms with Crippen molar-refractivity contribution in [2.75, 3.05) is 6.54 Å². The SMILES string of the molecule is CCc1cccc(-n2nc(C)cc2C(=O)Cc2cc(C(NCC3CC3)c3ccc(CNC(=O)OC(C)(C)C)cc3)ccc2F)c1. The Balaban J connectivity index is 1.36. The molecule has 8 heteroatoms. The van der Waals surface area contributed by atoms with E-state index < -0.39 is 17.5 Å². The van der Waals surface area contributed by atoms with E-state index in [1.807, 2.05) is 76.2 Å². The minimum atomic E-state index is -0.562. The van der Waals surface area contributed by atoms with E-state index in [2.05, 4.69) is 22.7 Å². The van der Waals surface area contributed by atoms with Crippen LogP contribution in [0.15, 0.2) is 72.8 Å². The van der Waals surface area contributed by atoms with Gasteiger partial charge < -0.3 is 15.4 Å². The van der Waals surface area contributed by atoms with Crippen molar-refractivity contribution in [2.45, 2.75) is 78.5 Å². The van der Waals surface area contributed by atoms with Crippen LogP contribution < -0.4 is 10.6 Å². The Kier molecular flexibility index (Phi) is 9.83. The highest BCUT2D eigenvalue weighted by molar-refractivity contribution is 5.96. The van der Waals surface area contributed by atoms with Crippen LogP contribution in [0.5, 0.6) is 0 Å². The first kappa shape index (κ1) is 32.1. The topological polar surface area (TPSA) is 85.3 Å². The predicted octanol–water partition coefficient (Wildman–Crippen LogP) is 7.42. The molecule has 0 radical (unpaired) electrons. The lowest BCUT2D eigenvalue weighted by Gasteiger charge is -2.22. The highest BCUT2D eigenvalue weighted by Gasteiger charge is 2.25. The summed E-state index contributed by atoms with van der Waals surface area (Å²) in [4.78, 5) is 25.7. The number of ether oxygens (including phenoxy) is 1. The van der Waals surface area contributed by atoms with Crippen molar-refractivity contribution in [3.8, 4) is 5.69 Å². The molecule has 1 unspecified atom stereocenters. The fourth-order valence-corrected chi connectivity index (χ4v) is 5.33. The smallest absolute Gasteiger partial charge is 0.407 e. The second kappa shape index (κ2) is 13.8. The molecule has 0 saturated heterocycles. The van der Waals surface area contributed by atoms with Crippen LogP contribution in [-0.2, 0) is 24.1 Å². The van der Waals surface area contributed by atoms with Gasteiger partial charge in [0, 0.05) is 13.0 Å². The van der Waals surface area contributed by atoms with Crippen LogP contribution in [-0.4, -0.2) is 33.8 Å². The maximum absolute atomic E-state index is 15.2. The van der Waals surface area contributed by atoms with E-state index in [1.165, 1.54) is 18.9 Å². The van der Waals surface area contributed by atoms with E-state index in [4.69, 9.17) is 4.74 Å². The minimum absolute atomic E-state index is 0.0805. The number of halogens is 1. The molecule has 3 aromatic carbocycles. The van der Waals surface area contributed by atoms with Crippen LogP contribution >= 0.6 is 0 Å². The summed E-state index contributed by atoms with van der Waals surface area (Å²) in [7, 11) is 0. The summed E-state index contributed by atoms with van der Waals surface area (Å²) >= 11 is 0. The molecule has 45 heavy (non-hydrogen) atoms. The summed E-state index contributed by atoms with van der Waals surface area (Å²) in [6.07, 6.45) is 2.73. The van der Waals surface area contributed by atoms with Gasteiger partial charge in [-0.1, -0.05) is 55.5 Å². The van der Waals surface area contributed by atoms with E-state index in [0.29, 0.717) is 23.7 Å². The molecule has 1 atom stereocenters. The van der Waals surface area contributed by atoms with Crippen LogP contribution in [0.2, 0.25) is 0 Å². The molecule has 1 heterocycles. The van der Waals surface area contributed by atoms with Gasteiger partial charge in [0.1, 0.15) is 17.1 Å². The van der Waals surface area contributed by atoms with E-state index in [-0.39, 0.29) is 18.2 Å². The number of nitrogens with zero attached hydrogens (tertiary/aromatic N) is 2. The van der Waals surface area contributed by atoms with Crippen molar-refractivity contribution >= 4 is 11.9 Å². The van der Waals surface area contributed by atoms with Gasteiger partial charge in [0.2, 0.25) is 0 Å². The molecule has 0 spiro atoms. The molecule has 2 N–H and O–H groups in total. The van der Waals surface area contributed by atoms with Gasteiger partial charge >= 0.3 is 6.09 Å². The molecule has 1 amide bonds. The Morgan fingerprint density at radius 1 is 1.00 bits per heavy atom. The third kappa shape index (κ3) is 8.66. The van der Waals surface area contributed by atoms with Crippen molar-refractivity contribution in [2.24, 2.45) is 5.92 Å². The van der Waals surface area contributed by atoms with Crippen LogP contribution in [0.4, 0.5) is 9.18 Å². The largest absolute Gasteiger partial charge is 0.444 e. The van der Waals surface area contributed by atoms with Crippen molar-refractivity contribution < 1.29 is 18.7 Å². The van der Waals surface area contributed by atoms with Crippen molar-refractivity contribution in [1.82, 2.24) is 20.4 Å². The highest BCUT2D eigenvalue weighted by Crippen LogP contribution is 2.31. The van der Waals surface area contributed by atoms with Gasteiger partial charge in [0.05, 0.1) is 17.4 Å². The molecule has 5 rings (SSSR count). The van der Waals surface area contributed by atoms with Crippen LogP contribution in [0.1, 0.15) is 90.6 Å². The standard InChI is InChI=1S/C37H43FN4O3/c1-6-25-8-7-9-31(19-25)42-33(18-24(2)41-42)34(43)21-30-20-29(16-17-32(30)38)35(39-22-26-10-11-26)28-14-12-27(13-15-28)23-40-36(44)45-37(3,4)5/h7-9,12-20,26,35,39H,6,10-11,21-23H2,1-5H3,(H,40,44). The molecule has 1 saturated carbocycles. The monoisotopic (exact) mass is 610 g/mol. The zero-order chi connectivity index (χ0) is 32.1. The normalized spacial score (nSPS) is 13.8. The highest BCUT2D eigenvalue weighted by atomic mass is 19.1. The van der Waals surface area contributed by atoms with Gasteiger partial charge in [-0.15, -0.1) is 0 Å². The lowest BCUT2D eigenvalue weighted by molar-refractivity contribution is 0.0523. The molecule has 0 bridgehead atoms. The number of carbonyl (C=O) groups is 2. The lowest BCUT2D eigenvalue weighted by Crippen LogP contribution is -2.32. The summed E-state index contributed by atoms with van der Waals surface area (Å²) in [5.74, 6) is 0.0336. The van der Waals surface area contributed by atoms with E-state index in [1.54, 1.807) is 22.9 Å². The molecule has 236 valence electrons. The number of aryl methyl sites for hydroxylation is 2. The Morgan fingerprint density at radius 2 is 1.73 bits per heavy atom. The maximum atomic E-state index is 15.2. The average Bonchev–Trinajstić information content (AvgIpc) is 3.75. The first-order valence-corrected chi connectivity index (χ1v) is 15.8. The van der Waals surface area contributed by atoms with Gasteiger partial charge in [-0.05, 0) is 112 Å². The number of benzene rings is 3. The van der Waals surface area contributed by atoms with Crippen LogP contribution in [0, 0.1) is 18.7 Å². The Hall–Kier alpha value is -4.30. The molecule has 1 aliphatic rings. The number of rotatable bonds is 12. The molecule has 1 aliphatic carbocycles. The number of aromatic nitrogens is 2. The predicted molar refractivity (Wildman–Crippen MR) is 174 cm³/mol. The Bertz CT molecular complexity index is 1650. The molecule has 7 nitrogen and oxygen atoms in total. The summed E-state index contributed by atoms with van der Waals surface area (Å²) in [5, 5.41) is 11.1. The fourth-order valence-electron chi connectivity index (χ4n) is 5.33. The lowest BCUT2D eigenvalue weighted by atomic mass is 9.94. The number of carbonyl (C=O) groups excluding carboxylic acids is 2. The van der Waals surface area contributed by atoms with Gasteiger partial charge in [-0.25, -0.2) is 13.9 Å². The minimum Gasteiger partial charge on any atom is -0.444 e.